The molecule has 0 amide bonds. The van der Waals surface area contributed by atoms with Gasteiger partial charge >= 0.3 is 0 Å². The fraction of sp³-hybridized carbons (Fsp3) is 0.600. The van der Waals surface area contributed by atoms with Crippen LogP contribution in [-0.4, -0.2) is 6.43 Å². The minimum atomic E-state index is -2.32. The molecule has 0 aliphatic carbocycles. The van der Waals surface area contributed by atoms with E-state index in [4.69, 9.17) is 0 Å². The molecule has 0 radical (unpaired) electrons. The van der Waals surface area contributed by atoms with Crippen LogP contribution in [0, 0.1) is 0 Å². The molecular formula is C30H48F2. The highest BCUT2D eigenvalue weighted by atomic mass is 19.3. The first-order valence-corrected chi connectivity index (χ1v) is 12.3. The van der Waals surface area contributed by atoms with E-state index in [1.807, 2.05) is 0 Å². The van der Waals surface area contributed by atoms with Crippen LogP contribution in [0.5, 0.6) is 0 Å². The maximum Gasteiger partial charge on any atom is 0.259 e. The summed E-state index contributed by atoms with van der Waals surface area (Å²) in [6.07, 6.45) is 21.5. The molecule has 0 heterocycles. The van der Waals surface area contributed by atoms with Crippen molar-refractivity contribution < 1.29 is 8.78 Å². The van der Waals surface area contributed by atoms with E-state index in [9.17, 15) is 8.78 Å². The summed E-state index contributed by atoms with van der Waals surface area (Å²) in [6, 6.07) is 0. The number of hydrogen-bond acceptors (Lipinski definition) is 0. The van der Waals surface area contributed by atoms with Crippen molar-refractivity contribution in [2.75, 3.05) is 0 Å². The quantitative estimate of drug-likeness (QED) is 0.163. The van der Waals surface area contributed by atoms with Crippen molar-refractivity contribution in [3.8, 4) is 0 Å². The van der Waals surface area contributed by atoms with Crippen molar-refractivity contribution in [2.45, 2.75) is 119 Å². The van der Waals surface area contributed by atoms with Crippen LogP contribution in [0.25, 0.3) is 0 Å². The summed E-state index contributed by atoms with van der Waals surface area (Å²) in [7, 11) is 0. The molecular weight excluding hydrogens is 398 g/mol. The molecule has 0 nitrogen and oxygen atoms in total. The van der Waals surface area contributed by atoms with Gasteiger partial charge in [-0.1, -0.05) is 64.3 Å². The van der Waals surface area contributed by atoms with E-state index in [2.05, 4.69) is 71.9 Å². The van der Waals surface area contributed by atoms with Gasteiger partial charge in [-0.15, -0.1) is 0 Å². The highest BCUT2D eigenvalue weighted by Crippen LogP contribution is 2.15. The van der Waals surface area contributed by atoms with Crippen molar-refractivity contribution in [3.63, 3.8) is 0 Å². The maximum absolute atomic E-state index is 12.5. The monoisotopic (exact) mass is 446 g/mol. The Bertz CT molecular complexity index is 692. The second kappa shape index (κ2) is 18.8. The van der Waals surface area contributed by atoms with Gasteiger partial charge in [0.25, 0.3) is 6.43 Å². The van der Waals surface area contributed by atoms with Gasteiger partial charge in [-0.05, 0) is 118 Å². The number of alkyl halides is 2. The normalized spacial score (nSPS) is 14.4. The summed E-state index contributed by atoms with van der Waals surface area (Å²) in [5.74, 6) is 0. The molecule has 0 saturated heterocycles. The van der Waals surface area contributed by atoms with E-state index >= 15 is 0 Å². The average Bonchev–Trinajstić information content (AvgIpc) is 2.70. The number of hydrogen-bond donors (Lipinski definition) is 0. The third-order valence-corrected chi connectivity index (χ3v) is 5.66. The third kappa shape index (κ3) is 19.0. The summed E-state index contributed by atoms with van der Waals surface area (Å²) >= 11 is 0. The Morgan fingerprint density at radius 2 is 0.781 bits per heavy atom. The molecule has 0 fully saturated rings. The van der Waals surface area contributed by atoms with Gasteiger partial charge in [-0.25, -0.2) is 8.78 Å². The fourth-order valence-corrected chi connectivity index (χ4v) is 3.37. The number of allylic oxidation sites excluding steroid dienone is 12. The van der Waals surface area contributed by atoms with Gasteiger partial charge in [0.2, 0.25) is 0 Å². The van der Waals surface area contributed by atoms with E-state index in [0.717, 1.165) is 51.4 Å². The Kier molecular flexibility index (Phi) is 17.8. The first kappa shape index (κ1) is 30.3. The van der Waals surface area contributed by atoms with Crippen LogP contribution in [0.2, 0.25) is 0 Å². The standard InChI is InChI=1S/C30H48F2/c1-24(2)14-10-17-27(5)20-11-18-25(3)15-8-9-16-26(4)19-12-21-28(6)22-13-23-29(7)30(31)32/h14-16,20-21,23,30H,8-13,17-19,22H2,1-7H3/b25-15+,26-16+,27-20+,28-21+,29-23?. The molecule has 0 aromatic heterocycles. The van der Waals surface area contributed by atoms with Crippen LogP contribution in [0.1, 0.15) is 113 Å². The Balaban J connectivity index is 4.10. The van der Waals surface area contributed by atoms with Crippen molar-refractivity contribution in [1.29, 1.82) is 0 Å². The SMILES string of the molecule is CC(C)=CCC/C(C)=C/CC/C(C)=C/CC/C=C(\C)CC/C=C(\C)CCC=C(C)C(F)F. The van der Waals surface area contributed by atoms with Gasteiger partial charge in [0.1, 0.15) is 0 Å². The lowest BCUT2D eigenvalue weighted by atomic mass is 10.0. The molecule has 0 bridgehead atoms. The van der Waals surface area contributed by atoms with Crippen molar-refractivity contribution >= 4 is 0 Å². The van der Waals surface area contributed by atoms with E-state index in [1.165, 1.54) is 41.2 Å². The van der Waals surface area contributed by atoms with E-state index in [1.54, 1.807) is 6.08 Å². The van der Waals surface area contributed by atoms with Gasteiger partial charge in [0, 0.05) is 0 Å². The van der Waals surface area contributed by atoms with Crippen LogP contribution in [0.4, 0.5) is 8.78 Å². The summed E-state index contributed by atoms with van der Waals surface area (Å²) in [5, 5.41) is 0. The summed E-state index contributed by atoms with van der Waals surface area (Å²) in [6.45, 7) is 14.6. The van der Waals surface area contributed by atoms with Gasteiger partial charge in [-0.3, -0.25) is 0 Å². The largest absolute Gasteiger partial charge is 0.259 e. The molecule has 0 spiro atoms. The van der Waals surface area contributed by atoms with Gasteiger partial charge < -0.3 is 0 Å². The molecule has 0 saturated carbocycles. The van der Waals surface area contributed by atoms with E-state index < -0.39 is 6.43 Å². The van der Waals surface area contributed by atoms with Crippen molar-refractivity contribution in [2.24, 2.45) is 0 Å². The second-order valence-corrected chi connectivity index (χ2v) is 9.46. The number of halogens is 2. The molecule has 0 atom stereocenters. The zero-order valence-corrected chi connectivity index (χ0v) is 21.9. The fourth-order valence-electron chi connectivity index (χ4n) is 3.37. The Morgan fingerprint density at radius 1 is 0.469 bits per heavy atom. The Morgan fingerprint density at radius 3 is 1.12 bits per heavy atom. The second-order valence-electron chi connectivity index (χ2n) is 9.46. The van der Waals surface area contributed by atoms with Crippen LogP contribution in [-0.2, 0) is 0 Å². The summed E-state index contributed by atoms with van der Waals surface area (Å²) in [5.41, 5.74) is 7.29. The highest BCUT2D eigenvalue weighted by Gasteiger charge is 2.03. The molecule has 0 rings (SSSR count). The maximum atomic E-state index is 12.5. The molecule has 0 aromatic carbocycles. The van der Waals surface area contributed by atoms with Crippen LogP contribution >= 0.6 is 0 Å². The highest BCUT2D eigenvalue weighted by molar-refractivity contribution is 5.08. The lowest BCUT2D eigenvalue weighted by Crippen LogP contribution is -1.91. The molecule has 0 aromatic rings. The Labute approximate surface area is 198 Å². The number of rotatable bonds is 16. The van der Waals surface area contributed by atoms with Gasteiger partial charge in [0.15, 0.2) is 0 Å². The zero-order valence-electron chi connectivity index (χ0n) is 21.9. The lowest BCUT2D eigenvalue weighted by molar-refractivity contribution is 0.189. The predicted molar refractivity (Wildman–Crippen MR) is 140 cm³/mol. The first-order valence-electron chi connectivity index (χ1n) is 12.3. The molecule has 0 aliphatic rings. The molecule has 0 N–H and O–H groups in total. The van der Waals surface area contributed by atoms with Crippen LogP contribution in [0.3, 0.4) is 0 Å². The first-order chi connectivity index (χ1) is 15.1. The van der Waals surface area contributed by atoms with E-state index in [-0.39, 0.29) is 5.57 Å². The molecule has 2 heteroatoms. The number of unbranched alkanes of at least 4 members (excludes halogenated alkanes) is 1. The van der Waals surface area contributed by atoms with Crippen LogP contribution < -0.4 is 0 Å². The van der Waals surface area contributed by atoms with Crippen molar-refractivity contribution in [1.82, 2.24) is 0 Å². The lowest BCUT2D eigenvalue weighted by Gasteiger charge is -2.03. The zero-order chi connectivity index (χ0) is 24.4. The average molecular weight is 447 g/mol. The molecule has 32 heavy (non-hydrogen) atoms. The molecule has 0 aliphatic heterocycles. The molecule has 0 unspecified atom stereocenters. The third-order valence-electron chi connectivity index (χ3n) is 5.66. The minimum Gasteiger partial charge on any atom is -0.205 e. The predicted octanol–water partition coefficient (Wildman–Crippen LogP) is 10.9. The van der Waals surface area contributed by atoms with Crippen molar-refractivity contribution in [3.05, 3.63) is 69.9 Å². The van der Waals surface area contributed by atoms with Crippen LogP contribution in [0.15, 0.2) is 69.9 Å². The Hall–Kier alpha value is -1.70. The summed E-state index contributed by atoms with van der Waals surface area (Å²) < 4.78 is 24.9. The topological polar surface area (TPSA) is 0 Å². The summed E-state index contributed by atoms with van der Waals surface area (Å²) in [4.78, 5) is 0. The minimum absolute atomic E-state index is 0.183. The van der Waals surface area contributed by atoms with Gasteiger partial charge in [0.05, 0.1) is 0 Å². The molecule has 182 valence electrons. The van der Waals surface area contributed by atoms with Gasteiger partial charge in [-0.2, -0.15) is 0 Å². The smallest absolute Gasteiger partial charge is 0.205 e. The van der Waals surface area contributed by atoms with E-state index in [0.29, 0.717) is 6.42 Å².